The summed E-state index contributed by atoms with van der Waals surface area (Å²) in [6.45, 7) is 5.63. The molecule has 1 unspecified atom stereocenters. The van der Waals surface area contributed by atoms with Gasteiger partial charge in [-0.3, -0.25) is 14.7 Å². The minimum absolute atomic E-state index is 0.106. The first-order chi connectivity index (χ1) is 14.4. The Balaban J connectivity index is 1.74. The number of aryl methyl sites for hydroxylation is 1. The first-order valence-corrected chi connectivity index (χ1v) is 9.77. The van der Waals surface area contributed by atoms with E-state index < -0.39 is 6.04 Å². The highest BCUT2D eigenvalue weighted by Crippen LogP contribution is 2.29. The summed E-state index contributed by atoms with van der Waals surface area (Å²) in [7, 11) is 1.60. The number of methoxy groups -OCH3 is 1. The van der Waals surface area contributed by atoms with Gasteiger partial charge in [-0.05, 0) is 36.6 Å². The van der Waals surface area contributed by atoms with Gasteiger partial charge in [-0.25, -0.2) is 0 Å². The van der Waals surface area contributed by atoms with Crippen molar-refractivity contribution in [3.05, 3.63) is 65.7 Å². The van der Waals surface area contributed by atoms with Crippen molar-refractivity contribution in [1.82, 2.24) is 15.5 Å². The van der Waals surface area contributed by atoms with E-state index in [1.54, 1.807) is 25.3 Å². The number of aromatic nitrogens is 2. The molecule has 0 fully saturated rings. The van der Waals surface area contributed by atoms with Gasteiger partial charge in [0.1, 0.15) is 11.8 Å². The van der Waals surface area contributed by atoms with Crippen molar-refractivity contribution in [2.75, 3.05) is 12.4 Å². The number of benzene rings is 2. The molecule has 2 amide bonds. The van der Waals surface area contributed by atoms with Crippen molar-refractivity contribution in [2.45, 2.75) is 26.8 Å². The lowest BCUT2D eigenvalue weighted by atomic mass is 10.0. The summed E-state index contributed by atoms with van der Waals surface area (Å²) in [5.74, 6) is 0.357. The Morgan fingerprint density at radius 3 is 2.47 bits per heavy atom. The minimum Gasteiger partial charge on any atom is -0.496 e. The maximum absolute atomic E-state index is 12.9. The molecule has 0 radical (unpaired) electrons. The average molecular weight is 406 g/mol. The largest absolute Gasteiger partial charge is 0.496 e. The Morgan fingerprint density at radius 2 is 1.77 bits per heavy atom. The summed E-state index contributed by atoms with van der Waals surface area (Å²) in [5.41, 5.74) is 2.95. The standard InChI is InChI=1S/C23H26N4O3/c1-14(2)21(25-22(28)16-10-6-5-9-15(16)3)23(29)24-20-13-18(26-27-20)17-11-7-8-12-19(17)30-4/h5-14,21H,1-4H3,(H,25,28)(H2,24,26,27,29). The summed E-state index contributed by atoms with van der Waals surface area (Å²) in [5, 5.41) is 12.7. The van der Waals surface area contributed by atoms with Gasteiger partial charge in [0.15, 0.2) is 5.82 Å². The van der Waals surface area contributed by atoms with Gasteiger partial charge in [-0.2, -0.15) is 5.10 Å². The van der Waals surface area contributed by atoms with Gasteiger partial charge in [-0.1, -0.05) is 44.2 Å². The van der Waals surface area contributed by atoms with E-state index in [1.807, 2.05) is 57.2 Å². The zero-order valence-corrected chi connectivity index (χ0v) is 17.5. The predicted octanol–water partition coefficient (Wildman–Crippen LogP) is 3.79. The van der Waals surface area contributed by atoms with Crippen molar-refractivity contribution in [1.29, 1.82) is 0 Å². The fourth-order valence-corrected chi connectivity index (χ4v) is 3.18. The number of aromatic amines is 1. The molecule has 7 nitrogen and oxygen atoms in total. The van der Waals surface area contributed by atoms with E-state index in [0.717, 1.165) is 11.1 Å². The molecule has 30 heavy (non-hydrogen) atoms. The molecule has 156 valence electrons. The first kappa shape index (κ1) is 21.1. The molecule has 0 aliphatic carbocycles. The summed E-state index contributed by atoms with van der Waals surface area (Å²) in [6.07, 6.45) is 0. The Bertz CT molecular complexity index is 1040. The smallest absolute Gasteiger partial charge is 0.252 e. The number of hydrogen-bond donors (Lipinski definition) is 3. The van der Waals surface area contributed by atoms with Crippen LogP contribution >= 0.6 is 0 Å². The highest BCUT2D eigenvalue weighted by atomic mass is 16.5. The van der Waals surface area contributed by atoms with Crippen LogP contribution in [0.15, 0.2) is 54.6 Å². The van der Waals surface area contributed by atoms with E-state index >= 15 is 0 Å². The zero-order valence-electron chi connectivity index (χ0n) is 17.5. The maximum Gasteiger partial charge on any atom is 0.252 e. The van der Waals surface area contributed by atoms with Crippen LogP contribution in [0.25, 0.3) is 11.3 Å². The number of amides is 2. The molecule has 1 heterocycles. The number of anilines is 1. The van der Waals surface area contributed by atoms with Gasteiger partial charge in [0, 0.05) is 17.2 Å². The van der Waals surface area contributed by atoms with Crippen molar-refractivity contribution < 1.29 is 14.3 Å². The van der Waals surface area contributed by atoms with E-state index in [1.165, 1.54) is 0 Å². The van der Waals surface area contributed by atoms with Crippen molar-refractivity contribution in [3.8, 4) is 17.0 Å². The number of hydrogen-bond acceptors (Lipinski definition) is 4. The SMILES string of the molecule is COc1ccccc1-c1cc(NC(=O)C(NC(=O)c2ccccc2C)C(C)C)n[nH]1. The van der Waals surface area contributed by atoms with Crippen LogP contribution in [0.3, 0.4) is 0 Å². The molecule has 0 saturated heterocycles. The molecular formula is C23H26N4O3. The highest BCUT2D eigenvalue weighted by molar-refractivity contribution is 6.01. The number of carbonyl (C=O) groups excluding carboxylic acids is 2. The summed E-state index contributed by atoms with van der Waals surface area (Å²) in [4.78, 5) is 25.5. The molecule has 0 spiro atoms. The molecule has 1 atom stereocenters. The number of ether oxygens (including phenoxy) is 1. The number of para-hydroxylation sites is 1. The van der Waals surface area contributed by atoms with Crippen LogP contribution in [-0.4, -0.2) is 35.2 Å². The van der Waals surface area contributed by atoms with Gasteiger partial charge in [0.25, 0.3) is 5.91 Å². The quantitative estimate of drug-likeness (QED) is 0.556. The third kappa shape index (κ3) is 4.68. The van der Waals surface area contributed by atoms with Crippen LogP contribution in [0.4, 0.5) is 5.82 Å². The Labute approximate surface area is 175 Å². The van der Waals surface area contributed by atoms with Crippen LogP contribution in [0.5, 0.6) is 5.75 Å². The van der Waals surface area contributed by atoms with Crippen molar-refractivity contribution in [2.24, 2.45) is 5.92 Å². The van der Waals surface area contributed by atoms with E-state index in [2.05, 4.69) is 20.8 Å². The average Bonchev–Trinajstić information content (AvgIpc) is 3.20. The molecule has 0 aliphatic heterocycles. The molecule has 3 aromatic rings. The lowest BCUT2D eigenvalue weighted by molar-refractivity contribution is -0.118. The van der Waals surface area contributed by atoms with Gasteiger partial charge in [0.05, 0.1) is 12.8 Å². The monoisotopic (exact) mass is 406 g/mol. The minimum atomic E-state index is -0.705. The Kier molecular flexibility index (Phi) is 6.51. The molecule has 3 N–H and O–H groups in total. The van der Waals surface area contributed by atoms with Crippen molar-refractivity contribution in [3.63, 3.8) is 0 Å². The molecule has 3 rings (SSSR count). The van der Waals surface area contributed by atoms with Gasteiger partial charge in [0.2, 0.25) is 5.91 Å². The molecule has 0 aliphatic rings. The number of nitrogens with one attached hydrogen (secondary N) is 3. The second-order valence-corrected chi connectivity index (χ2v) is 7.37. The summed E-state index contributed by atoms with van der Waals surface area (Å²) in [6, 6.07) is 15.8. The van der Waals surface area contributed by atoms with Gasteiger partial charge in [-0.15, -0.1) is 0 Å². The molecular weight excluding hydrogens is 380 g/mol. The van der Waals surface area contributed by atoms with Crippen LogP contribution in [-0.2, 0) is 4.79 Å². The van der Waals surface area contributed by atoms with E-state index in [0.29, 0.717) is 22.8 Å². The third-order valence-corrected chi connectivity index (χ3v) is 4.85. The van der Waals surface area contributed by atoms with E-state index in [4.69, 9.17) is 4.74 Å². The summed E-state index contributed by atoms with van der Waals surface area (Å²) >= 11 is 0. The topological polar surface area (TPSA) is 96.1 Å². The zero-order chi connectivity index (χ0) is 21.7. The Hall–Kier alpha value is -3.61. The molecule has 0 bridgehead atoms. The third-order valence-electron chi connectivity index (χ3n) is 4.85. The first-order valence-electron chi connectivity index (χ1n) is 9.77. The highest BCUT2D eigenvalue weighted by Gasteiger charge is 2.26. The molecule has 0 saturated carbocycles. The number of H-pyrrole nitrogens is 1. The lowest BCUT2D eigenvalue weighted by Crippen LogP contribution is -2.47. The van der Waals surface area contributed by atoms with Gasteiger partial charge < -0.3 is 15.4 Å². The van der Waals surface area contributed by atoms with Crippen LogP contribution in [0, 0.1) is 12.8 Å². The second kappa shape index (κ2) is 9.26. The lowest BCUT2D eigenvalue weighted by Gasteiger charge is -2.21. The molecule has 2 aromatic carbocycles. The molecule has 1 aromatic heterocycles. The van der Waals surface area contributed by atoms with E-state index in [-0.39, 0.29) is 17.7 Å². The molecule has 7 heteroatoms. The summed E-state index contributed by atoms with van der Waals surface area (Å²) < 4.78 is 5.37. The van der Waals surface area contributed by atoms with Crippen LogP contribution in [0.1, 0.15) is 29.8 Å². The predicted molar refractivity (Wildman–Crippen MR) is 116 cm³/mol. The number of nitrogens with zero attached hydrogens (tertiary/aromatic N) is 1. The Morgan fingerprint density at radius 1 is 1.07 bits per heavy atom. The second-order valence-electron chi connectivity index (χ2n) is 7.37. The number of carbonyl (C=O) groups is 2. The van der Waals surface area contributed by atoms with Gasteiger partial charge >= 0.3 is 0 Å². The number of rotatable bonds is 7. The van der Waals surface area contributed by atoms with Crippen LogP contribution in [0.2, 0.25) is 0 Å². The van der Waals surface area contributed by atoms with Crippen LogP contribution < -0.4 is 15.4 Å². The fourth-order valence-electron chi connectivity index (χ4n) is 3.18. The van der Waals surface area contributed by atoms with E-state index in [9.17, 15) is 9.59 Å². The normalized spacial score (nSPS) is 11.8. The van der Waals surface area contributed by atoms with Crippen molar-refractivity contribution >= 4 is 17.6 Å². The maximum atomic E-state index is 12.9. The fraction of sp³-hybridized carbons (Fsp3) is 0.261.